The fourth-order valence-corrected chi connectivity index (χ4v) is 3.63. The average molecular weight is 306 g/mol. The number of nitrogens with zero attached hydrogens (tertiary/aromatic N) is 3. The fourth-order valence-electron chi connectivity index (χ4n) is 3.07. The molecule has 3 heterocycles. The van der Waals surface area contributed by atoms with Gasteiger partial charge in [0.25, 0.3) is 0 Å². The summed E-state index contributed by atoms with van der Waals surface area (Å²) in [7, 11) is 2.00. The highest BCUT2D eigenvalue weighted by Crippen LogP contribution is 2.37. The van der Waals surface area contributed by atoms with E-state index < -0.39 is 0 Å². The van der Waals surface area contributed by atoms with Crippen molar-refractivity contribution in [3.63, 3.8) is 0 Å². The van der Waals surface area contributed by atoms with Crippen LogP contribution in [0.5, 0.6) is 0 Å². The Morgan fingerprint density at radius 3 is 3.00 bits per heavy atom. The lowest BCUT2D eigenvalue weighted by Gasteiger charge is -2.19. The summed E-state index contributed by atoms with van der Waals surface area (Å²) in [6, 6.07) is 0. The van der Waals surface area contributed by atoms with E-state index in [1.54, 1.807) is 11.3 Å². The molecule has 1 saturated heterocycles. The van der Waals surface area contributed by atoms with Gasteiger partial charge in [0.2, 0.25) is 0 Å². The highest BCUT2D eigenvalue weighted by atomic mass is 32.1. The molecule has 6 heteroatoms. The molecule has 5 nitrogen and oxygen atoms in total. The smallest absolute Gasteiger partial charge is 0.0901 e. The van der Waals surface area contributed by atoms with Crippen molar-refractivity contribution in [1.29, 1.82) is 0 Å². The lowest BCUT2D eigenvalue weighted by molar-refractivity contribution is 0.0893. The minimum absolute atomic E-state index is 0.168. The number of aryl methyl sites for hydroxylation is 2. The number of nitrogens with one attached hydrogen (secondary N) is 1. The van der Waals surface area contributed by atoms with E-state index in [-0.39, 0.29) is 6.10 Å². The van der Waals surface area contributed by atoms with Gasteiger partial charge in [0.05, 0.1) is 23.0 Å². The Morgan fingerprint density at radius 1 is 1.48 bits per heavy atom. The lowest BCUT2D eigenvalue weighted by atomic mass is 9.94. The van der Waals surface area contributed by atoms with Crippen molar-refractivity contribution in [2.75, 3.05) is 13.2 Å². The Kier molecular flexibility index (Phi) is 4.37. The van der Waals surface area contributed by atoms with E-state index in [0.29, 0.717) is 5.92 Å². The average Bonchev–Trinajstić information content (AvgIpc) is 3.15. The third-order valence-electron chi connectivity index (χ3n) is 4.26. The molecular formula is C15H22N4OS. The zero-order valence-electron chi connectivity index (χ0n) is 12.8. The molecule has 0 amide bonds. The van der Waals surface area contributed by atoms with E-state index in [1.165, 1.54) is 11.3 Å². The van der Waals surface area contributed by atoms with Gasteiger partial charge in [-0.2, -0.15) is 5.10 Å². The third kappa shape index (κ3) is 3.02. The lowest BCUT2D eigenvalue weighted by Crippen LogP contribution is -2.25. The largest absolute Gasteiger partial charge is 0.373 e. The van der Waals surface area contributed by atoms with Gasteiger partial charge in [-0.1, -0.05) is 0 Å². The molecule has 1 N–H and O–H groups in total. The summed E-state index contributed by atoms with van der Waals surface area (Å²) in [5.41, 5.74) is 6.57. The van der Waals surface area contributed by atoms with E-state index in [1.807, 2.05) is 17.2 Å². The molecule has 0 radical (unpaired) electrons. The minimum Gasteiger partial charge on any atom is -0.373 e. The number of ether oxygens (including phenoxy) is 1. The maximum absolute atomic E-state index is 6.01. The maximum Gasteiger partial charge on any atom is 0.0901 e. The van der Waals surface area contributed by atoms with Gasteiger partial charge < -0.3 is 10.1 Å². The number of aromatic nitrogens is 3. The predicted octanol–water partition coefficient (Wildman–Crippen LogP) is 2.36. The Labute approximate surface area is 129 Å². The first kappa shape index (κ1) is 14.7. The molecule has 0 spiro atoms. The van der Waals surface area contributed by atoms with E-state index >= 15 is 0 Å². The molecule has 1 aliphatic rings. The molecule has 0 aliphatic carbocycles. The first-order chi connectivity index (χ1) is 10.2. The molecule has 3 rings (SSSR count). The van der Waals surface area contributed by atoms with Crippen LogP contribution in [0, 0.1) is 19.8 Å². The standard InChI is InChI=1S/C15H22N4OS/c1-10-14(11(2)19(3)18-10)15-12(4-5-20-15)6-16-7-13-8-21-9-17-13/h8-9,12,15-16H,4-7H2,1-3H3/t12-,15-/m1/s1. The zero-order chi connectivity index (χ0) is 14.8. The second-order valence-corrected chi connectivity index (χ2v) is 6.38. The summed E-state index contributed by atoms with van der Waals surface area (Å²) in [4.78, 5) is 4.30. The van der Waals surface area contributed by atoms with Crippen molar-refractivity contribution >= 4 is 11.3 Å². The Hall–Kier alpha value is -1.24. The first-order valence-electron chi connectivity index (χ1n) is 7.36. The first-order valence-corrected chi connectivity index (χ1v) is 8.30. The van der Waals surface area contributed by atoms with E-state index in [4.69, 9.17) is 4.74 Å². The molecule has 114 valence electrons. The number of hydrogen-bond acceptors (Lipinski definition) is 5. The van der Waals surface area contributed by atoms with E-state index in [2.05, 4.69) is 34.6 Å². The van der Waals surface area contributed by atoms with Gasteiger partial charge in [-0.25, -0.2) is 4.98 Å². The van der Waals surface area contributed by atoms with E-state index in [9.17, 15) is 0 Å². The van der Waals surface area contributed by atoms with Crippen LogP contribution in [0.25, 0.3) is 0 Å². The molecule has 0 bridgehead atoms. The SMILES string of the molecule is Cc1nn(C)c(C)c1[C@@H]1OCC[C@@H]1CNCc1cscn1. The number of hydrogen-bond donors (Lipinski definition) is 1. The van der Waals surface area contributed by atoms with Crippen molar-refractivity contribution in [3.8, 4) is 0 Å². The van der Waals surface area contributed by atoms with Crippen molar-refractivity contribution in [1.82, 2.24) is 20.1 Å². The molecule has 2 aromatic heterocycles. The number of thiazole rings is 1. The predicted molar refractivity (Wildman–Crippen MR) is 83.3 cm³/mol. The maximum atomic E-state index is 6.01. The molecule has 0 aromatic carbocycles. The number of rotatable bonds is 5. The highest BCUT2D eigenvalue weighted by molar-refractivity contribution is 7.07. The van der Waals surface area contributed by atoms with Gasteiger partial charge in [-0.05, 0) is 20.3 Å². The second-order valence-electron chi connectivity index (χ2n) is 5.66. The van der Waals surface area contributed by atoms with Crippen LogP contribution < -0.4 is 5.32 Å². The van der Waals surface area contributed by atoms with Crippen molar-refractivity contribution < 1.29 is 4.74 Å². The van der Waals surface area contributed by atoms with Gasteiger partial charge in [-0.15, -0.1) is 11.3 Å². The summed E-state index contributed by atoms with van der Waals surface area (Å²) in [5, 5.41) is 10.1. The molecular weight excluding hydrogens is 284 g/mol. The monoisotopic (exact) mass is 306 g/mol. The van der Waals surface area contributed by atoms with Gasteiger partial charge in [0.1, 0.15) is 0 Å². The Balaban J connectivity index is 1.65. The molecule has 1 fully saturated rings. The third-order valence-corrected chi connectivity index (χ3v) is 4.90. The van der Waals surface area contributed by atoms with Crippen molar-refractivity contribution in [2.45, 2.75) is 32.9 Å². The molecule has 2 aromatic rings. The molecule has 0 saturated carbocycles. The van der Waals surface area contributed by atoms with Gasteiger partial charge in [0.15, 0.2) is 0 Å². The van der Waals surface area contributed by atoms with Gasteiger partial charge in [-0.3, -0.25) is 4.68 Å². The van der Waals surface area contributed by atoms with Crippen LogP contribution in [0.15, 0.2) is 10.9 Å². The Bertz CT molecular complexity index is 593. The summed E-state index contributed by atoms with van der Waals surface area (Å²) >= 11 is 1.64. The van der Waals surface area contributed by atoms with Crippen LogP contribution in [0.4, 0.5) is 0 Å². The van der Waals surface area contributed by atoms with Crippen LogP contribution in [-0.4, -0.2) is 27.9 Å². The summed E-state index contributed by atoms with van der Waals surface area (Å²) < 4.78 is 7.96. The summed E-state index contributed by atoms with van der Waals surface area (Å²) in [6.45, 7) is 6.82. The van der Waals surface area contributed by atoms with Crippen molar-refractivity contribution in [3.05, 3.63) is 33.5 Å². The Morgan fingerprint density at radius 2 is 2.33 bits per heavy atom. The van der Waals surface area contributed by atoms with Crippen LogP contribution in [0.3, 0.4) is 0 Å². The molecule has 0 unspecified atom stereocenters. The fraction of sp³-hybridized carbons (Fsp3) is 0.600. The summed E-state index contributed by atoms with van der Waals surface area (Å²) in [5.74, 6) is 0.505. The molecule has 1 aliphatic heterocycles. The highest BCUT2D eigenvalue weighted by Gasteiger charge is 2.33. The minimum atomic E-state index is 0.168. The van der Waals surface area contributed by atoms with Gasteiger partial charge >= 0.3 is 0 Å². The topological polar surface area (TPSA) is 52.0 Å². The summed E-state index contributed by atoms with van der Waals surface area (Å²) in [6.07, 6.45) is 1.27. The van der Waals surface area contributed by atoms with E-state index in [0.717, 1.165) is 37.5 Å². The van der Waals surface area contributed by atoms with Crippen LogP contribution in [-0.2, 0) is 18.3 Å². The molecule has 21 heavy (non-hydrogen) atoms. The quantitative estimate of drug-likeness (QED) is 0.921. The zero-order valence-corrected chi connectivity index (χ0v) is 13.6. The van der Waals surface area contributed by atoms with Gasteiger partial charge in [0, 0.05) is 49.3 Å². The van der Waals surface area contributed by atoms with Crippen LogP contribution in [0.2, 0.25) is 0 Å². The van der Waals surface area contributed by atoms with Crippen LogP contribution >= 0.6 is 11.3 Å². The van der Waals surface area contributed by atoms with Crippen LogP contribution in [0.1, 0.15) is 35.2 Å². The van der Waals surface area contributed by atoms with Crippen molar-refractivity contribution in [2.24, 2.45) is 13.0 Å². The second kappa shape index (κ2) is 6.25. The molecule has 2 atom stereocenters. The normalized spacial score (nSPS) is 22.0.